The maximum atomic E-state index is 13.0. The lowest BCUT2D eigenvalue weighted by molar-refractivity contribution is 0.00578. The average molecular weight is 391 g/mol. The van der Waals surface area contributed by atoms with Crippen LogP contribution in [0.3, 0.4) is 0 Å². The van der Waals surface area contributed by atoms with Gasteiger partial charge in [-0.15, -0.1) is 0 Å². The molecule has 9 heteroatoms. The molecule has 2 heterocycles. The summed E-state index contributed by atoms with van der Waals surface area (Å²) in [7, 11) is -3.59. The topological polar surface area (TPSA) is 83.8 Å². The van der Waals surface area contributed by atoms with Crippen LogP contribution in [0.5, 0.6) is 0 Å². The zero-order valence-electron chi connectivity index (χ0n) is 15.9. The number of methoxy groups -OCH3 is 1. The Morgan fingerprint density at radius 1 is 1.07 bits per heavy atom. The van der Waals surface area contributed by atoms with Crippen molar-refractivity contribution in [3.8, 4) is 0 Å². The van der Waals surface area contributed by atoms with E-state index in [4.69, 9.17) is 14.0 Å². The summed E-state index contributed by atoms with van der Waals surface area (Å²) >= 11 is 0. The molecule has 0 aliphatic carbocycles. The highest BCUT2D eigenvalue weighted by Gasteiger charge is 2.52. The van der Waals surface area contributed by atoms with Gasteiger partial charge < -0.3 is 14.0 Å². The van der Waals surface area contributed by atoms with E-state index in [2.05, 4.69) is 0 Å². The summed E-state index contributed by atoms with van der Waals surface area (Å²) in [5.41, 5.74) is -0.882. The second-order valence-electron chi connectivity index (χ2n) is 7.35. The van der Waals surface area contributed by atoms with Crippen molar-refractivity contribution >= 4 is 28.6 Å². The van der Waals surface area contributed by atoms with E-state index in [0.29, 0.717) is 5.46 Å². The molecule has 1 aromatic heterocycles. The largest absolute Gasteiger partial charge is 0.496 e. The summed E-state index contributed by atoms with van der Waals surface area (Å²) in [6.45, 7) is 7.58. The SMILES string of the molecule is COC(=O)c1cc(B2OC(C)(C)C(C)(C)O2)cn1S(=O)(=O)c1ccccc1. The van der Waals surface area contributed by atoms with Crippen LogP contribution in [0.25, 0.3) is 0 Å². The van der Waals surface area contributed by atoms with Gasteiger partial charge in [-0.3, -0.25) is 0 Å². The number of hydrogen-bond acceptors (Lipinski definition) is 6. The molecule has 144 valence electrons. The number of carbonyl (C=O) groups is 1. The molecule has 0 spiro atoms. The van der Waals surface area contributed by atoms with Gasteiger partial charge in [0.2, 0.25) is 0 Å². The third-order valence-electron chi connectivity index (χ3n) is 5.03. The molecule has 3 rings (SSSR count). The maximum Gasteiger partial charge on any atom is 0.496 e. The fraction of sp³-hybridized carbons (Fsp3) is 0.389. The normalized spacial score (nSPS) is 18.5. The smallest absolute Gasteiger partial charge is 0.464 e. The molecule has 0 radical (unpaired) electrons. The molecule has 0 atom stereocenters. The monoisotopic (exact) mass is 391 g/mol. The van der Waals surface area contributed by atoms with Gasteiger partial charge in [-0.05, 0) is 45.9 Å². The minimum Gasteiger partial charge on any atom is -0.464 e. The van der Waals surface area contributed by atoms with Crippen LogP contribution in [0, 0.1) is 0 Å². The van der Waals surface area contributed by atoms with Gasteiger partial charge in [-0.25, -0.2) is 17.2 Å². The standard InChI is InChI=1S/C18H22BNO6S/c1-17(2)18(3,4)26-19(25-17)13-11-15(16(21)24-5)20(12-13)27(22,23)14-9-7-6-8-10-14/h6-12H,1-5H3. The van der Waals surface area contributed by atoms with Crippen molar-refractivity contribution in [3.63, 3.8) is 0 Å². The van der Waals surface area contributed by atoms with Crippen molar-refractivity contribution in [1.82, 2.24) is 3.97 Å². The molecule has 1 saturated heterocycles. The van der Waals surface area contributed by atoms with E-state index >= 15 is 0 Å². The number of rotatable bonds is 4. The van der Waals surface area contributed by atoms with Gasteiger partial charge >= 0.3 is 13.1 Å². The first-order chi connectivity index (χ1) is 12.5. The van der Waals surface area contributed by atoms with Gasteiger partial charge in [-0.1, -0.05) is 18.2 Å². The van der Waals surface area contributed by atoms with E-state index in [1.807, 2.05) is 27.7 Å². The quantitative estimate of drug-likeness (QED) is 0.584. The number of esters is 1. The van der Waals surface area contributed by atoms with E-state index in [0.717, 1.165) is 3.97 Å². The zero-order valence-corrected chi connectivity index (χ0v) is 16.7. The molecule has 2 aromatic rings. The molecule has 0 saturated carbocycles. The van der Waals surface area contributed by atoms with Crippen LogP contribution >= 0.6 is 0 Å². The number of nitrogens with zero attached hydrogens (tertiary/aromatic N) is 1. The number of hydrogen-bond donors (Lipinski definition) is 0. The van der Waals surface area contributed by atoms with Gasteiger partial charge in [0, 0.05) is 11.7 Å². The van der Waals surface area contributed by atoms with Crippen LogP contribution in [-0.4, -0.2) is 43.8 Å². The van der Waals surface area contributed by atoms with Crippen LogP contribution in [0.4, 0.5) is 0 Å². The van der Waals surface area contributed by atoms with Gasteiger partial charge in [0.15, 0.2) is 0 Å². The maximum absolute atomic E-state index is 13.0. The van der Waals surface area contributed by atoms with Crippen molar-refractivity contribution in [2.45, 2.75) is 43.8 Å². The van der Waals surface area contributed by atoms with Crippen LogP contribution in [0.1, 0.15) is 38.2 Å². The highest BCUT2D eigenvalue weighted by atomic mass is 32.2. The Hall–Kier alpha value is -2.10. The van der Waals surface area contributed by atoms with Crippen molar-refractivity contribution in [1.29, 1.82) is 0 Å². The van der Waals surface area contributed by atoms with Crippen LogP contribution in [0.2, 0.25) is 0 Å². The molecule has 1 fully saturated rings. The first-order valence-corrected chi connectivity index (χ1v) is 9.90. The molecule has 1 aliphatic heterocycles. The van der Waals surface area contributed by atoms with E-state index < -0.39 is 34.3 Å². The molecule has 7 nitrogen and oxygen atoms in total. The Balaban J connectivity index is 2.10. The minimum atomic E-state index is -3.99. The number of aromatic nitrogens is 1. The predicted octanol–water partition coefficient (Wildman–Crippen LogP) is 1.81. The highest BCUT2D eigenvalue weighted by Crippen LogP contribution is 2.36. The molecule has 0 amide bonds. The fourth-order valence-corrected chi connectivity index (χ4v) is 4.10. The first kappa shape index (κ1) is 19.7. The minimum absolute atomic E-state index is 0.0613. The third kappa shape index (κ3) is 3.31. The molecule has 1 aliphatic rings. The van der Waals surface area contributed by atoms with E-state index in [9.17, 15) is 13.2 Å². The average Bonchev–Trinajstić information content (AvgIpc) is 3.15. The Labute approximate surface area is 159 Å². The summed E-state index contributed by atoms with van der Waals surface area (Å²) in [5, 5.41) is 0. The lowest BCUT2D eigenvalue weighted by Crippen LogP contribution is -2.41. The summed E-state index contributed by atoms with van der Waals surface area (Å²) in [4.78, 5) is 12.3. The highest BCUT2D eigenvalue weighted by molar-refractivity contribution is 7.90. The summed E-state index contributed by atoms with van der Waals surface area (Å²) in [5.74, 6) is -0.766. The molecular formula is C18H22BNO6S. The van der Waals surface area contributed by atoms with Crippen LogP contribution < -0.4 is 5.46 Å². The van der Waals surface area contributed by atoms with Crippen LogP contribution in [-0.2, 0) is 24.1 Å². The van der Waals surface area contributed by atoms with E-state index in [-0.39, 0.29) is 10.6 Å². The molecule has 1 aromatic carbocycles. The third-order valence-corrected chi connectivity index (χ3v) is 6.71. The molecule has 0 unspecified atom stereocenters. The van der Waals surface area contributed by atoms with Crippen molar-refractivity contribution in [2.24, 2.45) is 0 Å². The molecular weight excluding hydrogens is 369 g/mol. The van der Waals surface area contributed by atoms with Crippen molar-refractivity contribution in [2.75, 3.05) is 7.11 Å². The number of benzene rings is 1. The van der Waals surface area contributed by atoms with Gasteiger partial charge in [-0.2, -0.15) is 0 Å². The zero-order chi connectivity index (χ0) is 20.0. The molecule has 0 bridgehead atoms. The predicted molar refractivity (Wildman–Crippen MR) is 101 cm³/mol. The van der Waals surface area contributed by atoms with Crippen molar-refractivity contribution in [3.05, 3.63) is 48.3 Å². The van der Waals surface area contributed by atoms with E-state index in [1.165, 1.54) is 31.5 Å². The molecule has 27 heavy (non-hydrogen) atoms. The lowest BCUT2D eigenvalue weighted by atomic mass is 9.81. The van der Waals surface area contributed by atoms with Crippen molar-refractivity contribution < 1.29 is 27.3 Å². The first-order valence-electron chi connectivity index (χ1n) is 8.46. The number of carbonyl (C=O) groups excluding carboxylic acids is 1. The fourth-order valence-electron chi connectivity index (χ4n) is 2.73. The van der Waals surface area contributed by atoms with Crippen LogP contribution in [0.15, 0.2) is 47.5 Å². The summed E-state index contributed by atoms with van der Waals surface area (Å²) < 4.78 is 43.7. The Kier molecular flexibility index (Phi) is 4.74. The summed E-state index contributed by atoms with van der Waals surface area (Å²) in [6.07, 6.45) is 1.34. The van der Waals surface area contributed by atoms with Gasteiger partial charge in [0.1, 0.15) is 5.69 Å². The number of ether oxygens (including phenoxy) is 1. The Morgan fingerprint density at radius 2 is 1.63 bits per heavy atom. The Morgan fingerprint density at radius 3 is 2.15 bits per heavy atom. The van der Waals surface area contributed by atoms with E-state index in [1.54, 1.807) is 18.2 Å². The van der Waals surface area contributed by atoms with Gasteiger partial charge in [0.05, 0.1) is 23.2 Å². The second-order valence-corrected chi connectivity index (χ2v) is 9.17. The second kappa shape index (κ2) is 6.51. The molecule has 0 N–H and O–H groups in total. The lowest BCUT2D eigenvalue weighted by Gasteiger charge is -2.32. The Bertz CT molecular complexity index is 949. The van der Waals surface area contributed by atoms with Gasteiger partial charge in [0.25, 0.3) is 10.0 Å². The summed E-state index contributed by atoms with van der Waals surface area (Å²) in [6, 6.07) is 9.29.